The fourth-order valence-electron chi connectivity index (χ4n) is 3.08. The van der Waals surface area contributed by atoms with Gasteiger partial charge < -0.3 is 14.0 Å². The van der Waals surface area contributed by atoms with Crippen LogP contribution in [0, 0.1) is 6.92 Å². The third-order valence-corrected chi connectivity index (χ3v) is 4.32. The highest BCUT2D eigenvalue weighted by molar-refractivity contribution is 5.97. The molecule has 3 rings (SSSR count). The number of carbonyl (C=O) groups is 1. The van der Waals surface area contributed by atoms with Gasteiger partial charge in [0.1, 0.15) is 0 Å². The number of methoxy groups -OCH3 is 2. The first-order valence-electron chi connectivity index (χ1n) is 8.08. The predicted octanol–water partition coefficient (Wildman–Crippen LogP) is 4.67. The molecule has 1 heterocycles. The Morgan fingerprint density at radius 1 is 0.920 bits per heavy atom. The number of ketones is 1. The summed E-state index contributed by atoms with van der Waals surface area (Å²) in [6.07, 6.45) is 0. The smallest absolute Gasteiger partial charge is 0.162 e. The molecule has 0 atom stereocenters. The van der Waals surface area contributed by atoms with E-state index < -0.39 is 0 Å². The number of carbonyl (C=O) groups excluding carboxylic acids is 1. The summed E-state index contributed by atoms with van der Waals surface area (Å²) in [5.41, 5.74) is 4.55. The second-order valence-electron chi connectivity index (χ2n) is 5.83. The second kappa shape index (κ2) is 6.85. The van der Waals surface area contributed by atoms with E-state index >= 15 is 0 Å². The van der Waals surface area contributed by atoms with E-state index in [0.717, 1.165) is 22.6 Å². The molecule has 2 aromatic carbocycles. The van der Waals surface area contributed by atoms with Gasteiger partial charge in [-0.05, 0) is 37.6 Å². The molecule has 0 aliphatic rings. The molecule has 128 valence electrons. The van der Waals surface area contributed by atoms with Crippen molar-refractivity contribution in [2.75, 3.05) is 14.2 Å². The van der Waals surface area contributed by atoms with Gasteiger partial charge in [-0.3, -0.25) is 4.79 Å². The van der Waals surface area contributed by atoms with Crippen LogP contribution < -0.4 is 9.47 Å². The molecule has 4 nitrogen and oxygen atoms in total. The molecule has 0 saturated carbocycles. The summed E-state index contributed by atoms with van der Waals surface area (Å²) < 4.78 is 12.8. The van der Waals surface area contributed by atoms with Crippen molar-refractivity contribution < 1.29 is 14.3 Å². The Balaban J connectivity index is 2.26. The second-order valence-corrected chi connectivity index (χ2v) is 5.83. The Labute approximate surface area is 147 Å². The molecule has 0 fully saturated rings. The maximum atomic E-state index is 12.1. The van der Waals surface area contributed by atoms with Gasteiger partial charge in [0.2, 0.25) is 0 Å². The predicted molar refractivity (Wildman–Crippen MR) is 99.1 cm³/mol. The lowest BCUT2D eigenvalue weighted by Gasteiger charge is -2.15. The molecule has 0 aliphatic heterocycles. The molecule has 0 N–H and O–H groups in total. The fraction of sp³-hybridized carbons (Fsp3) is 0.190. The third kappa shape index (κ3) is 3.03. The first-order chi connectivity index (χ1) is 12.1. The van der Waals surface area contributed by atoms with Crippen LogP contribution in [0.25, 0.3) is 16.9 Å². The van der Waals surface area contributed by atoms with Gasteiger partial charge in [0, 0.05) is 23.0 Å². The van der Waals surface area contributed by atoms with Crippen molar-refractivity contribution in [3.63, 3.8) is 0 Å². The van der Waals surface area contributed by atoms with Gasteiger partial charge >= 0.3 is 0 Å². The molecule has 0 unspecified atom stereocenters. The molecule has 0 radical (unpaired) electrons. The van der Waals surface area contributed by atoms with Gasteiger partial charge in [-0.2, -0.15) is 0 Å². The fourth-order valence-corrected chi connectivity index (χ4v) is 3.08. The number of rotatable bonds is 5. The van der Waals surface area contributed by atoms with E-state index in [9.17, 15) is 4.79 Å². The van der Waals surface area contributed by atoms with Gasteiger partial charge in [-0.15, -0.1) is 0 Å². The summed E-state index contributed by atoms with van der Waals surface area (Å²) in [6, 6.07) is 17.7. The molecule has 1 aromatic heterocycles. The van der Waals surface area contributed by atoms with Crippen molar-refractivity contribution in [1.29, 1.82) is 0 Å². The van der Waals surface area contributed by atoms with Crippen molar-refractivity contribution in [1.82, 2.24) is 4.57 Å². The number of aromatic nitrogens is 1. The van der Waals surface area contributed by atoms with E-state index in [1.807, 2.05) is 61.5 Å². The molecule has 25 heavy (non-hydrogen) atoms. The number of hydrogen-bond acceptors (Lipinski definition) is 3. The standard InChI is InChI=1S/C21H21NO3/c1-14-18(15(2)23)13-19(16-8-6-5-7-9-16)22(14)17-10-11-20(24-3)21(12-17)25-4/h5-13H,1-4H3. The summed E-state index contributed by atoms with van der Waals surface area (Å²) in [6.45, 7) is 3.55. The lowest BCUT2D eigenvalue weighted by Crippen LogP contribution is -2.02. The van der Waals surface area contributed by atoms with E-state index in [4.69, 9.17) is 9.47 Å². The molecule has 3 aromatic rings. The maximum Gasteiger partial charge on any atom is 0.162 e. The van der Waals surface area contributed by atoms with Crippen LogP contribution in [0.2, 0.25) is 0 Å². The minimum Gasteiger partial charge on any atom is -0.493 e. The molecule has 0 aliphatic carbocycles. The van der Waals surface area contributed by atoms with Crippen LogP contribution in [0.1, 0.15) is 23.0 Å². The first-order valence-corrected chi connectivity index (χ1v) is 8.08. The highest BCUT2D eigenvalue weighted by atomic mass is 16.5. The summed E-state index contributed by atoms with van der Waals surface area (Å²) in [5, 5.41) is 0. The van der Waals surface area contributed by atoms with E-state index in [1.165, 1.54) is 0 Å². The van der Waals surface area contributed by atoms with E-state index in [0.29, 0.717) is 17.1 Å². The van der Waals surface area contributed by atoms with Crippen molar-refractivity contribution >= 4 is 5.78 Å². The van der Waals surface area contributed by atoms with Crippen LogP contribution >= 0.6 is 0 Å². The molecular weight excluding hydrogens is 314 g/mol. The minimum atomic E-state index is 0.0499. The Morgan fingerprint density at radius 3 is 2.20 bits per heavy atom. The SMILES string of the molecule is COc1ccc(-n2c(-c3ccccc3)cc(C(C)=O)c2C)cc1OC. The zero-order chi connectivity index (χ0) is 18.0. The molecule has 0 bridgehead atoms. The van der Waals surface area contributed by atoms with Crippen molar-refractivity contribution in [3.05, 3.63) is 65.9 Å². The summed E-state index contributed by atoms with van der Waals surface area (Å²) >= 11 is 0. The number of benzene rings is 2. The third-order valence-electron chi connectivity index (χ3n) is 4.32. The summed E-state index contributed by atoms with van der Waals surface area (Å²) in [5.74, 6) is 1.37. The highest BCUT2D eigenvalue weighted by Gasteiger charge is 2.18. The Bertz CT molecular complexity index is 910. The van der Waals surface area contributed by atoms with Crippen LogP contribution in [0.4, 0.5) is 0 Å². The zero-order valence-corrected chi connectivity index (χ0v) is 14.9. The van der Waals surface area contributed by atoms with E-state index in [-0.39, 0.29) is 5.78 Å². The number of ether oxygens (including phenoxy) is 2. The van der Waals surface area contributed by atoms with E-state index in [1.54, 1.807) is 21.1 Å². The van der Waals surface area contributed by atoms with Crippen LogP contribution in [-0.4, -0.2) is 24.6 Å². The highest BCUT2D eigenvalue weighted by Crippen LogP contribution is 2.34. The Kier molecular flexibility index (Phi) is 4.61. The summed E-state index contributed by atoms with van der Waals surface area (Å²) in [7, 11) is 3.23. The largest absolute Gasteiger partial charge is 0.493 e. The Hall–Kier alpha value is -3.01. The Morgan fingerprint density at radius 2 is 1.60 bits per heavy atom. The summed E-state index contributed by atoms with van der Waals surface area (Å²) in [4.78, 5) is 12.1. The monoisotopic (exact) mass is 335 g/mol. The van der Waals surface area contributed by atoms with Crippen LogP contribution in [0.5, 0.6) is 11.5 Å². The quantitative estimate of drug-likeness (QED) is 0.636. The molecule has 4 heteroatoms. The van der Waals surface area contributed by atoms with Crippen LogP contribution in [0.3, 0.4) is 0 Å². The zero-order valence-electron chi connectivity index (χ0n) is 14.9. The van der Waals surface area contributed by atoms with Crippen molar-refractivity contribution in [3.8, 4) is 28.4 Å². The van der Waals surface area contributed by atoms with Gasteiger partial charge in [0.15, 0.2) is 17.3 Å². The van der Waals surface area contributed by atoms with Gasteiger partial charge in [-0.25, -0.2) is 0 Å². The molecule has 0 amide bonds. The normalized spacial score (nSPS) is 10.6. The topological polar surface area (TPSA) is 40.5 Å². The molecular formula is C21H21NO3. The molecule has 0 spiro atoms. The average molecular weight is 335 g/mol. The van der Waals surface area contributed by atoms with Crippen molar-refractivity contribution in [2.45, 2.75) is 13.8 Å². The van der Waals surface area contributed by atoms with Gasteiger partial charge in [0.05, 0.1) is 19.9 Å². The lowest BCUT2D eigenvalue weighted by atomic mass is 10.1. The lowest BCUT2D eigenvalue weighted by molar-refractivity contribution is 0.101. The van der Waals surface area contributed by atoms with Crippen LogP contribution in [-0.2, 0) is 0 Å². The van der Waals surface area contributed by atoms with Gasteiger partial charge in [0.25, 0.3) is 0 Å². The number of Topliss-reactive ketones (excluding diaryl/α,β-unsaturated/α-hetero) is 1. The van der Waals surface area contributed by atoms with E-state index in [2.05, 4.69) is 4.57 Å². The number of hydrogen-bond donors (Lipinski definition) is 0. The average Bonchev–Trinajstić information content (AvgIpc) is 2.99. The minimum absolute atomic E-state index is 0.0499. The maximum absolute atomic E-state index is 12.1. The van der Waals surface area contributed by atoms with Crippen molar-refractivity contribution in [2.24, 2.45) is 0 Å². The van der Waals surface area contributed by atoms with Gasteiger partial charge in [-0.1, -0.05) is 30.3 Å². The molecule has 0 saturated heterocycles. The number of nitrogens with zero attached hydrogens (tertiary/aromatic N) is 1. The van der Waals surface area contributed by atoms with Crippen LogP contribution in [0.15, 0.2) is 54.6 Å². The first kappa shape index (κ1) is 16.8.